The highest BCUT2D eigenvalue weighted by atomic mass is 16.5. The van der Waals surface area contributed by atoms with E-state index in [9.17, 15) is 19.2 Å². The first-order valence-electron chi connectivity index (χ1n) is 21.8. The molecule has 324 valence electrons. The number of imidazole rings is 2. The van der Waals surface area contributed by atoms with Crippen LogP contribution in [0.3, 0.4) is 0 Å². The van der Waals surface area contributed by atoms with Crippen molar-refractivity contribution in [2.75, 3.05) is 27.3 Å². The van der Waals surface area contributed by atoms with E-state index in [2.05, 4.69) is 69.2 Å². The number of nitrogens with zero attached hydrogens (tertiary/aromatic N) is 4. The van der Waals surface area contributed by atoms with Gasteiger partial charge in [0.05, 0.1) is 50.1 Å². The van der Waals surface area contributed by atoms with Crippen molar-refractivity contribution in [2.45, 2.75) is 109 Å². The molecule has 2 bridgehead atoms. The van der Waals surface area contributed by atoms with Crippen LogP contribution in [0.5, 0.6) is 0 Å². The summed E-state index contributed by atoms with van der Waals surface area (Å²) in [5, 5.41) is 9.39. The minimum atomic E-state index is -0.696. The number of amides is 4. The topological polar surface area (TPSA) is 187 Å². The molecule has 2 aromatic heterocycles. The minimum absolute atomic E-state index is 0.109. The van der Waals surface area contributed by atoms with Gasteiger partial charge in [0.2, 0.25) is 11.8 Å². The highest BCUT2D eigenvalue weighted by molar-refractivity contribution is 5.87. The Morgan fingerprint density at radius 2 is 1.13 bits per heavy atom. The Morgan fingerprint density at radius 3 is 1.64 bits per heavy atom. The van der Waals surface area contributed by atoms with Crippen LogP contribution in [-0.2, 0) is 19.1 Å². The van der Waals surface area contributed by atoms with Gasteiger partial charge in [0.25, 0.3) is 0 Å². The van der Waals surface area contributed by atoms with Gasteiger partial charge in [-0.25, -0.2) is 19.6 Å². The summed E-state index contributed by atoms with van der Waals surface area (Å²) in [6.45, 7) is 11.2. The van der Waals surface area contributed by atoms with E-state index in [0.29, 0.717) is 19.0 Å². The van der Waals surface area contributed by atoms with Crippen molar-refractivity contribution in [1.82, 2.24) is 45.7 Å². The summed E-state index contributed by atoms with van der Waals surface area (Å²) in [7, 11) is 2.60. The Labute approximate surface area is 357 Å². The third kappa shape index (κ3) is 8.11. The fourth-order valence-electron chi connectivity index (χ4n) is 10.1. The zero-order chi connectivity index (χ0) is 43.1. The van der Waals surface area contributed by atoms with Gasteiger partial charge in [-0.2, -0.15) is 0 Å². The normalized spacial score (nSPS) is 22.9. The molecular weight excluding hydrogens is 775 g/mol. The molecule has 0 spiro atoms. The number of alkyl carbamates (subject to hydrolysis) is 2. The minimum Gasteiger partial charge on any atom is -0.453 e. The molecule has 2 aromatic carbocycles. The van der Waals surface area contributed by atoms with Crippen molar-refractivity contribution in [3.05, 3.63) is 71.6 Å². The van der Waals surface area contributed by atoms with Gasteiger partial charge in [-0.15, -0.1) is 0 Å². The van der Waals surface area contributed by atoms with Crippen LogP contribution in [0.2, 0.25) is 0 Å². The van der Waals surface area contributed by atoms with Crippen LogP contribution in [0.15, 0.2) is 48.8 Å². The van der Waals surface area contributed by atoms with E-state index in [1.165, 1.54) is 30.9 Å². The summed E-state index contributed by atoms with van der Waals surface area (Å²) in [6, 6.07) is 11.6. The van der Waals surface area contributed by atoms with Crippen molar-refractivity contribution in [2.24, 2.45) is 17.8 Å². The van der Waals surface area contributed by atoms with Gasteiger partial charge in [0, 0.05) is 30.7 Å². The number of piperidine rings is 1. The van der Waals surface area contributed by atoms with Gasteiger partial charge in [-0.1, -0.05) is 71.0 Å². The molecular formula is C46H59N9O6. The maximum atomic E-state index is 13.8. The summed E-state index contributed by atoms with van der Waals surface area (Å²) >= 11 is 0. The van der Waals surface area contributed by atoms with Crippen LogP contribution in [0.1, 0.15) is 120 Å². The molecule has 3 saturated heterocycles. The molecule has 3 fully saturated rings. The number of hydrogen-bond acceptors (Lipinski definition) is 9. The number of fused-ring (bicyclic) bond motifs is 5. The molecule has 15 heteroatoms. The summed E-state index contributed by atoms with van der Waals surface area (Å²) in [6.07, 6.45) is 7.85. The zero-order valence-electron chi connectivity index (χ0n) is 36.2. The van der Waals surface area contributed by atoms with Crippen molar-refractivity contribution in [3.63, 3.8) is 0 Å². The second kappa shape index (κ2) is 17.3. The lowest BCUT2D eigenvalue weighted by Gasteiger charge is -2.30. The number of methoxy groups -OCH3 is 2. The number of aromatic amines is 2. The molecule has 0 aliphatic carbocycles. The Bertz CT molecular complexity index is 2270. The zero-order valence-corrected chi connectivity index (χ0v) is 36.2. The molecule has 4 aliphatic rings. The van der Waals surface area contributed by atoms with E-state index in [0.717, 1.165) is 78.3 Å². The van der Waals surface area contributed by atoms with Crippen LogP contribution < -0.4 is 16.0 Å². The lowest BCUT2D eigenvalue weighted by Crippen LogP contribution is -2.51. The van der Waals surface area contributed by atoms with E-state index in [1.54, 1.807) is 0 Å². The van der Waals surface area contributed by atoms with Crippen molar-refractivity contribution in [1.29, 1.82) is 0 Å². The number of hydrogen-bond donors (Lipinski definition) is 5. The molecule has 7 atom stereocenters. The van der Waals surface area contributed by atoms with Gasteiger partial charge in [-0.05, 0) is 84.1 Å². The van der Waals surface area contributed by atoms with Gasteiger partial charge in [-0.3, -0.25) is 9.59 Å². The van der Waals surface area contributed by atoms with Crippen LogP contribution in [-0.4, -0.2) is 93.1 Å². The van der Waals surface area contributed by atoms with Gasteiger partial charge >= 0.3 is 12.2 Å². The highest BCUT2D eigenvalue weighted by Gasteiger charge is 2.42. The fraction of sp³-hybridized carbons (Fsp3) is 0.522. The highest BCUT2D eigenvalue weighted by Crippen LogP contribution is 2.52. The number of likely N-dealkylation sites (tertiary alicyclic amines) is 2. The largest absolute Gasteiger partial charge is 0.453 e. The molecule has 6 heterocycles. The predicted molar refractivity (Wildman–Crippen MR) is 230 cm³/mol. The first kappa shape index (κ1) is 42.0. The van der Waals surface area contributed by atoms with Crippen LogP contribution in [0.25, 0.3) is 33.6 Å². The smallest absolute Gasteiger partial charge is 0.407 e. The van der Waals surface area contributed by atoms with Crippen molar-refractivity contribution >= 4 is 24.0 Å². The quantitative estimate of drug-likeness (QED) is 0.103. The maximum absolute atomic E-state index is 13.8. The van der Waals surface area contributed by atoms with Gasteiger partial charge < -0.3 is 45.2 Å². The average Bonchev–Trinajstić information content (AvgIpc) is 4.11. The molecule has 5 N–H and O–H groups in total. The van der Waals surface area contributed by atoms with Gasteiger partial charge in [0.15, 0.2) is 0 Å². The second-order valence-electron chi connectivity index (χ2n) is 17.9. The van der Waals surface area contributed by atoms with E-state index >= 15 is 0 Å². The number of rotatable bonds is 11. The van der Waals surface area contributed by atoms with E-state index in [-0.39, 0.29) is 47.8 Å². The number of carbonyl (C=O) groups is 4. The Balaban J connectivity index is 1.04. The SMILES string of the molecule is COC(=O)N[C@H](C(=O)N1CCC[C@H]1c1ncc(-c2ccc(-c3ccc(-c4cnc([C@@H]5CCCN5C(=O)[C@H](NC(=O)OC)C(C)C)[nH]4)c4c3C3CC(C)CC4N3)cc2)[nH]1)C(C)C. The Hall–Kier alpha value is -5.70. The van der Waals surface area contributed by atoms with E-state index < -0.39 is 24.3 Å². The van der Waals surface area contributed by atoms with E-state index in [1.807, 2.05) is 49.9 Å². The maximum Gasteiger partial charge on any atom is 0.407 e. The molecule has 3 unspecified atom stereocenters. The lowest BCUT2D eigenvalue weighted by atomic mass is 9.88. The first-order valence-corrected chi connectivity index (χ1v) is 21.8. The molecule has 4 amide bonds. The summed E-state index contributed by atoms with van der Waals surface area (Å²) in [5.74, 6) is 1.56. The van der Waals surface area contributed by atoms with Crippen molar-refractivity contribution in [3.8, 4) is 33.6 Å². The molecule has 15 nitrogen and oxygen atoms in total. The third-order valence-corrected chi connectivity index (χ3v) is 13.1. The predicted octanol–water partition coefficient (Wildman–Crippen LogP) is 7.34. The molecule has 0 radical (unpaired) electrons. The number of benzene rings is 2. The third-order valence-electron chi connectivity index (χ3n) is 13.1. The molecule has 61 heavy (non-hydrogen) atoms. The fourth-order valence-corrected chi connectivity index (χ4v) is 10.1. The summed E-state index contributed by atoms with van der Waals surface area (Å²) in [5.41, 5.74) is 8.89. The first-order chi connectivity index (χ1) is 29.4. The number of carbonyl (C=O) groups excluding carboxylic acids is 4. The summed E-state index contributed by atoms with van der Waals surface area (Å²) in [4.78, 5) is 72.1. The van der Waals surface area contributed by atoms with Gasteiger partial charge in [0.1, 0.15) is 23.7 Å². The number of ether oxygens (including phenoxy) is 2. The molecule has 0 saturated carbocycles. The van der Waals surface area contributed by atoms with Crippen LogP contribution in [0, 0.1) is 17.8 Å². The number of aromatic nitrogens is 4. The molecule has 8 rings (SSSR count). The number of nitrogens with one attached hydrogen (secondary N) is 5. The number of H-pyrrole nitrogens is 2. The lowest BCUT2D eigenvalue weighted by molar-refractivity contribution is -0.136. The average molecular weight is 834 g/mol. The van der Waals surface area contributed by atoms with Crippen LogP contribution >= 0.6 is 0 Å². The molecule has 4 aromatic rings. The summed E-state index contributed by atoms with van der Waals surface area (Å²) < 4.78 is 9.61. The Kier molecular flexibility index (Phi) is 11.9. The van der Waals surface area contributed by atoms with Crippen molar-refractivity contribution < 1.29 is 28.7 Å². The van der Waals surface area contributed by atoms with Crippen LogP contribution in [0.4, 0.5) is 9.59 Å². The Morgan fingerprint density at radius 1 is 0.672 bits per heavy atom. The second-order valence-corrected chi connectivity index (χ2v) is 17.9. The standard InChI is InChI=1S/C46H59N9O6/c1-24(2)39(52-45(58)60-6)43(56)54-18-8-10-35(54)41-47-22-33(50-41)28-14-12-27(13-15-28)29-16-17-30(38-32-21-26(5)20-31(49-32)37(29)38)34-23-48-42(51-34)36-11-9-19-55(36)44(57)40(25(3)4)53-46(59)61-7/h12-17,22-26,31-32,35-36,39-40,49H,8-11,18-21H2,1-7H3,(H,47,50)(H,48,51)(H,52,58)(H,53,59)/t26?,31?,32?,35-,36-,39-,40+/m0/s1. The van der Waals surface area contributed by atoms with E-state index in [4.69, 9.17) is 19.4 Å². The monoisotopic (exact) mass is 833 g/mol. The molecule has 4 aliphatic heterocycles.